The molecule has 0 spiro atoms. The first-order chi connectivity index (χ1) is 12.7. The van der Waals surface area contributed by atoms with E-state index in [2.05, 4.69) is 22.3 Å². The molecule has 3 N–H and O–H groups in total. The minimum Gasteiger partial charge on any atom is -0.325 e. The maximum Gasteiger partial charge on any atom is 0.241 e. The summed E-state index contributed by atoms with van der Waals surface area (Å²) in [5.41, 5.74) is 9.21. The molecule has 28 heavy (non-hydrogen) atoms. The smallest absolute Gasteiger partial charge is 0.241 e. The van der Waals surface area contributed by atoms with Crippen LogP contribution in [0, 0.1) is 0 Å². The first-order valence-electron chi connectivity index (χ1n) is 9.20. The molecule has 1 heterocycles. The van der Waals surface area contributed by atoms with Crippen LogP contribution >= 0.6 is 36.6 Å². The highest BCUT2D eigenvalue weighted by Gasteiger charge is 2.14. The van der Waals surface area contributed by atoms with Gasteiger partial charge in [0.1, 0.15) is 0 Å². The molecule has 1 unspecified atom stereocenters. The Labute approximate surface area is 184 Å². The second-order valence-electron chi connectivity index (χ2n) is 6.69. The zero-order chi connectivity index (χ0) is 18.2. The summed E-state index contributed by atoms with van der Waals surface area (Å²) >= 11 is 2.04. The van der Waals surface area contributed by atoms with E-state index in [1.54, 1.807) is 0 Å². The van der Waals surface area contributed by atoms with Crippen molar-refractivity contribution in [2.45, 2.75) is 18.9 Å². The second kappa shape index (κ2) is 13.1. The largest absolute Gasteiger partial charge is 0.325 e. The summed E-state index contributed by atoms with van der Waals surface area (Å²) in [7, 11) is 0. The van der Waals surface area contributed by atoms with Crippen molar-refractivity contribution in [2.75, 3.05) is 36.5 Å². The lowest BCUT2D eigenvalue weighted by Gasteiger charge is -2.26. The molecule has 2 aromatic rings. The maximum absolute atomic E-state index is 12.3. The number of rotatable bonds is 7. The molecule has 0 bridgehead atoms. The molecule has 3 rings (SSSR count). The summed E-state index contributed by atoms with van der Waals surface area (Å²) in [6.07, 6.45) is 1.59. The van der Waals surface area contributed by atoms with Gasteiger partial charge in [-0.15, -0.1) is 24.8 Å². The highest BCUT2D eigenvalue weighted by Crippen LogP contribution is 2.13. The third-order valence-corrected chi connectivity index (χ3v) is 5.62. The quantitative estimate of drug-likeness (QED) is 0.688. The highest BCUT2D eigenvalue weighted by atomic mass is 35.5. The molecule has 0 saturated carbocycles. The topological polar surface area (TPSA) is 58.4 Å². The van der Waals surface area contributed by atoms with Gasteiger partial charge < -0.3 is 16.0 Å². The number of benzene rings is 2. The van der Waals surface area contributed by atoms with Gasteiger partial charge in [-0.1, -0.05) is 42.5 Å². The Hall–Kier alpha value is -1.24. The lowest BCUT2D eigenvalue weighted by molar-refractivity contribution is -0.117. The fraction of sp³-hybridized carbons (Fsp3) is 0.381. The minimum atomic E-state index is -0.547. The number of hydrogen-bond acceptors (Lipinski definition) is 4. The number of carbonyl (C=O) groups excluding carboxylic acids is 1. The molecule has 1 aliphatic rings. The molecular weight excluding hydrogens is 413 g/mol. The van der Waals surface area contributed by atoms with E-state index in [9.17, 15) is 4.79 Å². The van der Waals surface area contributed by atoms with E-state index in [0.717, 1.165) is 24.2 Å². The zero-order valence-electron chi connectivity index (χ0n) is 15.9. The van der Waals surface area contributed by atoms with Gasteiger partial charge in [-0.25, -0.2) is 0 Å². The van der Waals surface area contributed by atoms with Crippen LogP contribution in [0.25, 0.3) is 0 Å². The Morgan fingerprint density at radius 2 is 1.64 bits per heavy atom. The van der Waals surface area contributed by atoms with E-state index in [0.29, 0.717) is 6.42 Å². The first kappa shape index (κ1) is 24.8. The average Bonchev–Trinajstić information content (AvgIpc) is 2.69. The molecule has 1 fully saturated rings. The van der Waals surface area contributed by atoms with Crippen molar-refractivity contribution < 1.29 is 4.79 Å². The van der Waals surface area contributed by atoms with E-state index in [1.807, 2.05) is 54.2 Å². The Kier molecular flexibility index (Phi) is 11.6. The number of anilines is 1. The molecule has 1 amide bonds. The SMILES string of the molecule is Cl.Cl.NC(Cc1ccccc1)C(=O)Nc1ccc(CCN2CCSCC2)cc1. The van der Waals surface area contributed by atoms with Crippen molar-refractivity contribution in [2.24, 2.45) is 5.73 Å². The lowest BCUT2D eigenvalue weighted by atomic mass is 10.1. The summed E-state index contributed by atoms with van der Waals surface area (Å²) in [5.74, 6) is 2.34. The zero-order valence-corrected chi connectivity index (χ0v) is 18.3. The van der Waals surface area contributed by atoms with E-state index >= 15 is 0 Å². The maximum atomic E-state index is 12.3. The molecule has 7 heteroatoms. The summed E-state index contributed by atoms with van der Waals surface area (Å²) in [5, 5.41) is 2.92. The number of thioether (sulfide) groups is 1. The predicted molar refractivity (Wildman–Crippen MR) is 125 cm³/mol. The van der Waals surface area contributed by atoms with Gasteiger partial charge in [0.25, 0.3) is 0 Å². The van der Waals surface area contributed by atoms with E-state index in [1.165, 1.54) is 30.2 Å². The van der Waals surface area contributed by atoms with Crippen LogP contribution in [0.15, 0.2) is 54.6 Å². The fourth-order valence-corrected chi connectivity index (χ4v) is 4.04. The molecule has 0 aliphatic carbocycles. The first-order valence-corrected chi connectivity index (χ1v) is 10.4. The standard InChI is InChI=1S/C21H27N3OS.2ClH/c22-20(16-18-4-2-1-3-5-18)21(25)23-19-8-6-17(7-9-19)10-11-24-12-14-26-15-13-24;;/h1-9,20H,10-16,22H2,(H,23,25);2*1H. The van der Waals surface area contributed by atoms with Crippen molar-refractivity contribution >= 4 is 48.2 Å². The van der Waals surface area contributed by atoms with Crippen LogP contribution in [0.5, 0.6) is 0 Å². The van der Waals surface area contributed by atoms with Gasteiger partial charge in [-0.3, -0.25) is 4.79 Å². The number of nitrogens with one attached hydrogen (secondary N) is 1. The number of nitrogens with zero attached hydrogens (tertiary/aromatic N) is 1. The molecule has 1 aliphatic heterocycles. The van der Waals surface area contributed by atoms with Crippen molar-refractivity contribution in [3.8, 4) is 0 Å². The third-order valence-electron chi connectivity index (χ3n) is 4.68. The molecular formula is C21H29Cl2N3OS. The molecule has 4 nitrogen and oxygen atoms in total. The van der Waals surface area contributed by atoms with Gasteiger partial charge in [-0.2, -0.15) is 11.8 Å². The number of nitrogens with two attached hydrogens (primary N) is 1. The van der Waals surface area contributed by atoms with Gasteiger partial charge in [-0.05, 0) is 36.1 Å². The molecule has 154 valence electrons. The van der Waals surface area contributed by atoms with Gasteiger partial charge in [0, 0.05) is 36.8 Å². The molecule has 2 aromatic carbocycles. The summed E-state index contributed by atoms with van der Waals surface area (Å²) in [6, 6.07) is 17.4. The number of hydrogen-bond donors (Lipinski definition) is 2. The fourth-order valence-electron chi connectivity index (χ4n) is 3.06. The van der Waals surface area contributed by atoms with Gasteiger partial charge in [0.2, 0.25) is 5.91 Å². The monoisotopic (exact) mass is 441 g/mol. The Bertz CT molecular complexity index is 695. The van der Waals surface area contributed by atoms with E-state index in [-0.39, 0.29) is 30.7 Å². The lowest BCUT2D eigenvalue weighted by Crippen LogP contribution is -2.37. The highest BCUT2D eigenvalue weighted by molar-refractivity contribution is 7.99. The third kappa shape index (κ3) is 8.02. The van der Waals surface area contributed by atoms with Crippen LogP contribution in [0.3, 0.4) is 0 Å². The molecule has 0 radical (unpaired) electrons. The van der Waals surface area contributed by atoms with Crippen LogP contribution in [-0.2, 0) is 17.6 Å². The molecule has 1 saturated heterocycles. The number of amides is 1. The second-order valence-corrected chi connectivity index (χ2v) is 7.91. The Morgan fingerprint density at radius 1 is 1.00 bits per heavy atom. The normalized spacial score (nSPS) is 15.0. The summed E-state index contributed by atoms with van der Waals surface area (Å²) in [6.45, 7) is 3.49. The van der Waals surface area contributed by atoms with Crippen LogP contribution in [-0.4, -0.2) is 48.0 Å². The van der Waals surface area contributed by atoms with Crippen molar-refractivity contribution in [1.29, 1.82) is 0 Å². The summed E-state index contributed by atoms with van der Waals surface area (Å²) in [4.78, 5) is 14.8. The molecule has 1 atom stereocenters. The van der Waals surface area contributed by atoms with E-state index in [4.69, 9.17) is 5.73 Å². The van der Waals surface area contributed by atoms with Gasteiger partial charge >= 0.3 is 0 Å². The van der Waals surface area contributed by atoms with Crippen LogP contribution in [0.2, 0.25) is 0 Å². The van der Waals surface area contributed by atoms with Crippen molar-refractivity contribution in [3.05, 3.63) is 65.7 Å². The minimum absolute atomic E-state index is 0. The number of carbonyl (C=O) groups is 1. The van der Waals surface area contributed by atoms with Crippen LogP contribution in [0.1, 0.15) is 11.1 Å². The summed E-state index contributed by atoms with van der Waals surface area (Å²) < 4.78 is 0. The van der Waals surface area contributed by atoms with Crippen molar-refractivity contribution in [1.82, 2.24) is 4.90 Å². The van der Waals surface area contributed by atoms with Crippen molar-refractivity contribution in [3.63, 3.8) is 0 Å². The van der Waals surface area contributed by atoms with Crippen LogP contribution < -0.4 is 11.1 Å². The van der Waals surface area contributed by atoms with Gasteiger partial charge in [0.05, 0.1) is 6.04 Å². The Balaban J connectivity index is 0.00000196. The van der Waals surface area contributed by atoms with Gasteiger partial charge in [0.15, 0.2) is 0 Å². The predicted octanol–water partition coefficient (Wildman–Crippen LogP) is 3.63. The van der Waals surface area contributed by atoms with E-state index < -0.39 is 6.04 Å². The number of halogens is 2. The average molecular weight is 442 g/mol. The van der Waals surface area contributed by atoms with Crippen LogP contribution in [0.4, 0.5) is 5.69 Å². The molecule has 0 aromatic heterocycles. The Morgan fingerprint density at radius 3 is 2.29 bits per heavy atom.